The van der Waals surface area contributed by atoms with Gasteiger partial charge in [0.05, 0.1) is 0 Å². The zero-order valence-corrected chi connectivity index (χ0v) is 12.9. The van der Waals surface area contributed by atoms with E-state index >= 15 is 0 Å². The fourth-order valence-electron chi connectivity index (χ4n) is 2.15. The van der Waals surface area contributed by atoms with Crippen LogP contribution in [0.4, 0.5) is 4.39 Å². The van der Waals surface area contributed by atoms with Gasteiger partial charge in [0, 0.05) is 6.54 Å². The van der Waals surface area contributed by atoms with Crippen molar-refractivity contribution in [1.82, 2.24) is 5.32 Å². The quantitative estimate of drug-likeness (QED) is 0.775. The Balaban J connectivity index is 2.11. The molecule has 0 heterocycles. The van der Waals surface area contributed by atoms with E-state index in [4.69, 9.17) is 4.74 Å². The second-order valence-corrected chi connectivity index (χ2v) is 5.30. The topological polar surface area (TPSA) is 21.3 Å². The summed E-state index contributed by atoms with van der Waals surface area (Å²) in [6, 6.07) is 10.7. The van der Waals surface area contributed by atoms with E-state index in [1.54, 1.807) is 12.1 Å². The Labute approximate surface area is 126 Å². The van der Waals surface area contributed by atoms with E-state index in [0.29, 0.717) is 5.75 Å². The number of benzene rings is 2. The Morgan fingerprint density at radius 1 is 1.10 bits per heavy atom. The summed E-state index contributed by atoms with van der Waals surface area (Å²) in [5.74, 6) is 0.592. The molecule has 0 spiro atoms. The molecule has 0 saturated heterocycles. The number of halogens is 1. The molecule has 112 valence electrons. The Hall–Kier alpha value is -1.87. The first kappa shape index (κ1) is 15.5. The van der Waals surface area contributed by atoms with Gasteiger partial charge < -0.3 is 10.1 Å². The number of hydrogen-bond donors (Lipinski definition) is 1. The number of rotatable bonds is 6. The van der Waals surface area contributed by atoms with Crippen molar-refractivity contribution in [3.63, 3.8) is 0 Å². The molecule has 2 aromatic carbocycles. The highest BCUT2D eigenvalue weighted by Crippen LogP contribution is 2.27. The van der Waals surface area contributed by atoms with E-state index in [9.17, 15) is 4.39 Å². The molecule has 2 aromatic rings. The van der Waals surface area contributed by atoms with Crippen LogP contribution in [-0.2, 0) is 6.54 Å². The highest BCUT2D eigenvalue weighted by atomic mass is 19.1. The van der Waals surface area contributed by atoms with Crippen LogP contribution in [0.1, 0.15) is 30.0 Å². The van der Waals surface area contributed by atoms with Crippen LogP contribution in [0.5, 0.6) is 11.5 Å². The van der Waals surface area contributed by atoms with Gasteiger partial charge in [-0.25, -0.2) is 4.39 Å². The predicted octanol–water partition coefficient (Wildman–Crippen LogP) is 4.73. The third-order valence-corrected chi connectivity index (χ3v) is 3.37. The standard InChI is InChI=1S/C18H22FNO/c1-4-9-20-12-15-6-7-16(11-14(15)3)21-18-10-13(2)5-8-17(18)19/h5-8,10-11,20H,4,9,12H2,1-3H3. The fraction of sp³-hybridized carbons (Fsp3) is 0.333. The number of nitrogens with one attached hydrogen (secondary N) is 1. The van der Waals surface area contributed by atoms with Gasteiger partial charge in [0.2, 0.25) is 0 Å². The van der Waals surface area contributed by atoms with Crippen LogP contribution in [0.2, 0.25) is 0 Å². The van der Waals surface area contributed by atoms with Gasteiger partial charge in [0.15, 0.2) is 11.6 Å². The van der Waals surface area contributed by atoms with Crippen LogP contribution < -0.4 is 10.1 Å². The Morgan fingerprint density at radius 3 is 2.62 bits per heavy atom. The summed E-state index contributed by atoms with van der Waals surface area (Å²) < 4.78 is 19.4. The predicted molar refractivity (Wildman–Crippen MR) is 84.4 cm³/mol. The molecule has 0 saturated carbocycles. The Bertz CT molecular complexity index is 610. The normalized spacial score (nSPS) is 10.7. The average molecular weight is 287 g/mol. The minimum Gasteiger partial charge on any atom is -0.454 e. The van der Waals surface area contributed by atoms with Crippen molar-refractivity contribution in [3.05, 3.63) is 58.9 Å². The monoisotopic (exact) mass is 287 g/mol. The van der Waals surface area contributed by atoms with Gasteiger partial charge in [0.25, 0.3) is 0 Å². The van der Waals surface area contributed by atoms with Crippen molar-refractivity contribution < 1.29 is 9.13 Å². The molecule has 0 bridgehead atoms. The minimum atomic E-state index is -0.341. The van der Waals surface area contributed by atoms with Gasteiger partial charge in [-0.1, -0.05) is 19.1 Å². The summed E-state index contributed by atoms with van der Waals surface area (Å²) in [6.45, 7) is 7.96. The maximum atomic E-state index is 13.7. The van der Waals surface area contributed by atoms with E-state index in [-0.39, 0.29) is 11.6 Å². The SMILES string of the molecule is CCCNCc1ccc(Oc2cc(C)ccc2F)cc1C. The number of ether oxygens (including phenoxy) is 1. The van der Waals surface area contributed by atoms with Crippen LogP contribution in [0.15, 0.2) is 36.4 Å². The molecule has 0 aliphatic rings. The Morgan fingerprint density at radius 2 is 1.90 bits per heavy atom. The average Bonchev–Trinajstić information content (AvgIpc) is 2.45. The van der Waals surface area contributed by atoms with Gasteiger partial charge in [-0.3, -0.25) is 0 Å². The van der Waals surface area contributed by atoms with E-state index in [1.807, 2.05) is 32.0 Å². The van der Waals surface area contributed by atoms with Crippen LogP contribution in [-0.4, -0.2) is 6.54 Å². The third kappa shape index (κ3) is 4.30. The molecule has 3 heteroatoms. The molecular weight excluding hydrogens is 265 g/mol. The summed E-state index contributed by atoms with van der Waals surface area (Å²) >= 11 is 0. The maximum absolute atomic E-state index is 13.7. The second-order valence-electron chi connectivity index (χ2n) is 5.30. The molecule has 0 amide bonds. The first-order valence-corrected chi connectivity index (χ1v) is 7.34. The first-order chi connectivity index (χ1) is 10.1. The van der Waals surface area contributed by atoms with Gasteiger partial charge >= 0.3 is 0 Å². The van der Waals surface area contributed by atoms with Crippen LogP contribution in [0.25, 0.3) is 0 Å². The molecule has 0 aromatic heterocycles. The summed E-state index contributed by atoms with van der Waals surface area (Å²) in [7, 11) is 0. The number of aryl methyl sites for hydroxylation is 2. The van der Waals surface area contributed by atoms with E-state index < -0.39 is 0 Å². The third-order valence-electron chi connectivity index (χ3n) is 3.37. The molecule has 0 atom stereocenters. The highest BCUT2D eigenvalue weighted by Gasteiger charge is 2.06. The van der Waals surface area contributed by atoms with Gasteiger partial charge in [0.1, 0.15) is 5.75 Å². The molecule has 0 aliphatic carbocycles. The zero-order valence-electron chi connectivity index (χ0n) is 12.9. The van der Waals surface area contributed by atoms with E-state index in [2.05, 4.69) is 12.2 Å². The smallest absolute Gasteiger partial charge is 0.165 e. The second kappa shape index (κ2) is 7.23. The van der Waals surface area contributed by atoms with Crippen molar-refractivity contribution in [2.75, 3.05) is 6.54 Å². The molecule has 0 fully saturated rings. The largest absolute Gasteiger partial charge is 0.454 e. The molecule has 2 nitrogen and oxygen atoms in total. The lowest BCUT2D eigenvalue weighted by Crippen LogP contribution is -2.14. The molecule has 1 N–H and O–H groups in total. The van der Waals surface area contributed by atoms with Crippen molar-refractivity contribution in [1.29, 1.82) is 0 Å². The van der Waals surface area contributed by atoms with Gasteiger partial charge in [-0.05, 0) is 67.8 Å². The lowest BCUT2D eigenvalue weighted by atomic mass is 10.1. The van der Waals surface area contributed by atoms with Crippen LogP contribution in [0.3, 0.4) is 0 Å². The lowest BCUT2D eigenvalue weighted by molar-refractivity contribution is 0.441. The maximum Gasteiger partial charge on any atom is 0.165 e. The summed E-state index contributed by atoms with van der Waals surface area (Å²) in [4.78, 5) is 0. The molecule has 21 heavy (non-hydrogen) atoms. The summed E-state index contributed by atoms with van der Waals surface area (Å²) in [5.41, 5.74) is 3.35. The van der Waals surface area contributed by atoms with Gasteiger partial charge in [-0.2, -0.15) is 0 Å². The van der Waals surface area contributed by atoms with Gasteiger partial charge in [-0.15, -0.1) is 0 Å². The zero-order chi connectivity index (χ0) is 15.2. The van der Waals surface area contributed by atoms with E-state index in [0.717, 1.165) is 30.6 Å². The summed E-state index contributed by atoms with van der Waals surface area (Å²) in [6.07, 6.45) is 1.12. The molecule has 0 aliphatic heterocycles. The highest BCUT2D eigenvalue weighted by molar-refractivity contribution is 5.39. The van der Waals surface area contributed by atoms with Crippen LogP contribution >= 0.6 is 0 Å². The van der Waals surface area contributed by atoms with Crippen molar-refractivity contribution >= 4 is 0 Å². The number of hydrogen-bond acceptors (Lipinski definition) is 2. The van der Waals surface area contributed by atoms with E-state index in [1.165, 1.54) is 11.6 Å². The van der Waals surface area contributed by atoms with Crippen molar-refractivity contribution in [2.24, 2.45) is 0 Å². The minimum absolute atomic E-state index is 0.270. The van der Waals surface area contributed by atoms with Crippen molar-refractivity contribution in [3.8, 4) is 11.5 Å². The fourth-order valence-corrected chi connectivity index (χ4v) is 2.15. The summed E-state index contributed by atoms with van der Waals surface area (Å²) in [5, 5.41) is 3.38. The lowest BCUT2D eigenvalue weighted by Gasteiger charge is -2.11. The molecule has 0 unspecified atom stereocenters. The first-order valence-electron chi connectivity index (χ1n) is 7.34. The Kier molecular flexibility index (Phi) is 5.34. The molecular formula is C18H22FNO. The molecule has 0 radical (unpaired) electrons. The molecule has 2 rings (SSSR count). The van der Waals surface area contributed by atoms with Crippen molar-refractivity contribution in [2.45, 2.75) is 33.7 Å². The van der Waals surface area contributed by atoms with Crippen LogP contribution in [0, 0.1) is 19.7 Å².